The fourth-order valence-electron chi connectivity index (χ4n) is 5.39. The maximum atomic E-state index is 13.0. The van der Waals surface area contributed by atoms with E-state index < -0.39 is 0 Å². The van der Waals surface area contributed by atoms with E-state index in [-0.39, 0.29) is 35.9 Å². The zero-order chi connectivity index (χ0) is 21.2. The Morgan fingerprint density at radius 3 is 2.33 bits per heavy atom. The molecular weight excluding hydrogens is 383 g/mol. The summed E-state index contributed by atoms with van der Waals surface area (Å²) in [7, 11) is 1.74. The molecule has 1 amide bonds. The van der Waals surface area contributed by atoms with E-state index in [2.05, 4.69) is 17.4 Å². The van der Waals surface area contributed by atoms with E-state index in [0.29, 0.717) is 18.0 Å². The molecule has 2 bridgehead atoms. The number of hydrogen-bond donors (Lipinski definition) is 2. The highest BCUT2D eigenvalue weighted by atomic mass is 19.1. The van der Waals surface area contributed by atoms with Gasteiger partial charge in [-0.15, -0.1) is 0 Å². The Bertz CT molecular complexity index is 762. The second-order valence-corrected chi connectivity index (χ2v) is 9.34. The molecule has 6 heteroatoms. The van der Waals surface area contributed by atoms with Crippen molar-refractivity contribution in [1.29, 1.82) is 0 Å². The second-order valence-electron chi connectivity index (χ2n) is 9.34. The summed E-state index contributed by atoms with van der Waals surface area (Å²) in [5.74, 6) is 0.980. The third-order valence-corrected chi connectivity index (χ3v) is 7.80. The van der Waals surface area contributed by atoms with Crippen molar-refractivity contribution in [3.05, 3.63) is 41.7 Å². The summed E-state index contributed by atoms with van der Waals surface area (Å²) in [6, 6.07) is 8.47. The van der Waals surface area contributed by atoms with Crippen molar-refractivity contribution < 1.29 is 18.7 Å². The highest BCUT2D eigenvalue weighted by Crippen LogP contribution is 2.58. The molecule has 1 aromatic carbocycles. The van der Waals surface area contributed by atoms with Crippen LogP contribution < -0.4 is 15.8 Å². The van der Waals surface area contributed by atoms with Gasteiger partial charge in [0, 0.05) is 30.7 Å². The number of amides is 1. The van der Waals surface area contributed by atoms with E-state index in [1.165, 1.54) is 5.56 Å². The molecule has 164 valence electrons. The number of benzene rings is 1. The lowest BCUT2D eigenvalue weighted by molar-refractivity contribution is -0.140. The first-order valence-electron chi connectivity index (χ1n) is 11.1. The fraction of sp³-hybridized carbons (Fsp3) is 0.625. The minimum atomic E-state index is -0.180. The Morgan fingerprint density at radius 1 is 1.17 bits per heavy atom. The molecule has 4 aliphatic rings. The van der Waals surface area contributed by atoms with Gasteiger partial charge in [0.2, 0.25) is 5.91 Å². The standard InChI is InChI=1S/C24H33FN2O3/c1-29-21-12-19(13-21)27-22(28)24-9-6-23(7-10-24,8-11-24)18-2-4-20(5-3-18)30-16-17(14-25)15-26/h2-5,14,19,21H,6-13,15-16,26H2,1H3,(H,27,28)/b17-14+/t19-,21-,23?,24?. The van der Waals surface area contributed by atoms with Gasteiger partial charge in [-0.1, -0.05) is 12.1 Å². The van der Waals surface area contributed by atoms with Gasteiger partial charge in [-0.3, -0.25) is 4.79 Å². The summed E-state index contributed by atoms with van der Waals surface area (Å²) in [5, 5.41) is 3.28. The van der Waals surface area contributed by atoms with E-state index in [9.17, 15) is 9.18 Å². The average Bonchev–Trinajstić information content (AvgIpc) is 2.78. The van der Waals surface area contributed by atoms with Crippen LogP contribution in [0, 0.1) is 5.41 Å². The number of halogens is 1. The predicted molar refractivity (Wildman–Crippen MR) is 114 cm³/mol. The number of hydrogen-bond acceptors (Lipinski definition) is 4. The predicted octanol–water partition coefficient (Wildman–Crippen LogP) is 3.76. The van der Waals surface area contributed by atoms with Gasteiger partial charge < -0.3 is 20.5 Å². The van der Waals surface area contributed by atoms with Gasteiger partial charge >= 0.3 is 0 Å². The number of rotatable bonds is 8. The molecular formula is C24H33FN2O3. The summed E-state index contributed by atoms with van der Waals surface area (Å²) in [5.41, 5.74) is 7.22. The quantitative estimate of drug-likeness (QED) is 0.677. The van der Waals surface area contributed by atoms with Crippen LogP contribution in [0.2, 0.25) is 0 Å². The molecule has 0 aliphatic heterocycles. The third kappa shape index (κ3) is 4.00. The molecule has 5 rings (SSSR count). The topological polar surface area (TPSA) is 73.6 Å². The van der Waals surface area contributed by atoms with Crippen LogP contribution in [-0.2, 0) is 14.9 Å². The van der Waals surface area contributed by atoms with Gasteiger partial charge in [-0.25, -0.2) is 4.39 Å². The lowest BCUT2D eigenvalue weighted by atomic mass is 9.51. The molecule has 4 saturated carbocycles. The van der Waals surface area contributed by atoms with E-state index in [0.717, 1.165) is 57.1 Å². The fourth-order valence-corrected chi connectivity index (χ4v) is 5.39. The highest BCUT2D eigenvalue weighted by Gasteiger charge is 2.53. The van der Waals surface area contributed by atoms with Crippen LogP contribution >= 0.6 is 0 Å². The molecule has 0 unspecified atom stereocenters. The Labute approximate surface area is 178 Å². The maximum absolute atomic E-state index is 13.0. The molecule has 0 spiro atoms. The average molecular weight is 417 g/mol. The van der Waals surface area contributed by atoms with Gasteiger partial charge in [0.25, 0.3) is 0 Å². The van der Waals surface area contributed by atoms with Crippen LogP contribution in [0.1, 0.15) is 56.9 Å². The maximum Gasteiger partial charge on any atom is 0.226 e. The van der Waals surface area contributed by atoms with Gasteiger partial charge in [0.1, 0.15) is 12.4 Å². The number of methoxy groups -OCH3 is 1. The molecule has 0 atom stereocenters. The summed E-state index contributed by atoms with van der Waals surface area (Å²) >= 11 is 0. The van der Waals surface area contributed by atoms with E-state index >= 15 is 0 Å². The molecule has 4 fully saturated rings. The number of carbonyl (C=O) groups is 1. The highest BCUT2D eigenvalue weighted by molar-refractivity contribution is 5.83. The summed E-state index contributed by atoms with van der Waals surface area (Å²) in [6.07, 6.45) is 8.71. The van der Waals surface area contributed by atoms with Crippen molar-refractivity contribution in [3.8, 4) is 5.75 Å². The van der Waals surface area contributed by atoms with Crippen molar-refractivity contribution in [3.63, 3.8) is 0 Å². The molecule has 0 saturated heterocycles. The van der Waals surface area contributed by atoms with Gasteiger partial charge in [0.05, 0.1) is 12.4 Å². The lowest BCUT2D eigenvalue weighted by Gasteiger charge is -2.53. The largest absolute Gasteiger partial charge is 0.489 e. The van der Waals surface area contributed by atoms with Gasteiger partial charge in [-0.2, -0.15) is 0 Å². The Balaban J connectivity index is 1.34. The van der Waals surface area contributed by atoms with Crippen molar-refractivity contribution in [2.45, 2.75) is 68.9 Å². The number of ether oxygens (including phenoxy) is 2. The van der Waals surface area contributed by atoms with Crippen LogP contribution in [-0.4, -0.2) is 38.3 Å². The normalized spacial score (nSPS) is 33.1. The van der Waals surface area contributed by atoms with Crippen LogP contribution in [0.15, 0.2) is 36.2 Å². The summed E-state index contributed by atoms with van der Waals surface area (Å²) in [4.78, 5) is 13.0. The monoisotopic (exact) mass is 416 g/mol. The summed E-state index contributed by atoms with van der Waals surface area (Å²) < 4.78 is 23.6. The molecule has 0 radical (unpaired) electrons. The van der Waals surface area contributed by atoms with Crippen molar-refractivity contribution in [2.24, 2.45) is 11.1 Å². The number of fused-ring (bicyclic) bond motifs is 3. The van der Waals surface area contributed by atoms with Gasteiger partial charge in [-0.05, 0) is 74.5 Å². The number of nitrogens with two attached hydrogens (primary N) is 1. The summed E-state index contributed by atoms with van der Waals surface area (Å²) in [6.45, 7) is 0.321. The first-order valence-corrected chi connectivity index (χ1v) is 11.1. The van der Waals surface area contributed by atoms with Crippen LogP contribution in [0.25, 0.3) is 0 Å². The van der Waals surface area contributed by atoms with Gasteiger partial charge in [0.15, 0.2) is 0 Å². The molecule has 5 nitrogen and oxygen atoms in total. The molecule has 3 N–H and O–H groups in total. The number of carbonyl (C=O) groups excluding carboxylic acids is 1. The van der Waals surface area contributed by atoms with Crippen LogP contribution in [0.5, 0.6) is 5.75 Å². The molecule has 30 heavy (non-hydrogen) atoms. The molecule has 1 aromatic rings. The Hall–Kier alpha value is -1.92. The van der Waals surface area contributed by atoms with Crippen molar-refractivity contribution in [1.82, 2.24) is 5.32 Å². The Morgan fingerprint density at radius 2 is 1.80 bits per heavy atom. The van der Waals surface area contributed by atoms with Crippen molar-refractivity contribution in [2.75, 3.05) is 20.3 Å². The van der Waals surface area contributed by atoms with E-state index in [1.54, 1.807) is 7.11 Å². The molecule has 4 aliphatic carbocycles. The first-order chi connectivity index (χ1) is 14.5. The first kappa shape index (κ1) is 21.3. The van der Waals surface area contributed by atoms with E-state index in [4.69, 9.17) is 15.2 Å². The van der Waals surface area contributed by atoms with Crippen LogP contribution in [0.3, 0.4) is 0 Å². The minimum Gasteiger partial charge on any atom is -0.489 e. The van der Waals surface area contributed by atoms with Crippen molar-refractivity contribution >= 4 is 5.91 Å². The lowest BCUT2D eigenvalue weighted by Crippen LogP contribution is -2.56. The van der Waals surface area contributed by atoms with Crippen LogP contribution in [0.4, 0.5) is 4.39 Å². The zero-order valence-corrected chi connectivity index (χ0v) is 17.8. The van der Waals surface area contributed by atoms with E-state index in [1.807, 2.05) is 12.1 Å². The molecule has 0 heterocycles. The number of nitrogens with one attached hydrogen (secondary N) is 1. The Kier molecular flexibility index (Phi) is 6.16. The second kappa shape index (κ2) is 8.67. The smallest absolute Gasteiger partial charge is 0.226 e. The zero-order valence-electron chi connectivity index (χ0n) is 17.8. The molecule has 0 aromatic heterocycles. The minimum absolute atomic E-state index is 0.154. The SMILES string of the molecule is CO[C@H]1C[C@H](NC(=O)C23CCC(c4ccc(OC/C(=C/F)CN)cc4)(CC2)CC3)C1. The third-order valence-electron chi connectivity index (χ3n) is 7.80.